The van der Waals surface area contributed by atoms with Gasteiger partial charge in [-0.3, -0.25) is 9.48 Å². The second-order valence-corrected chi connectivity index (χ2v) is 6.45. The highest BCUT2D eigenvalue weighted by molar-refractivity contribution is 5.85. The number of hydrogen-bond donors (Lipinski definition) is 1. The van der Waals surface area contributed by atoms with Crippen LogP contribution in [0.1, 0.15) is 32.1 Å². The van der Waals surface area contributed by atoms with E-state index in [0.29, 0.717) is 17.7 Å². The van der Waals surface area contributed by atoms with E-state index < -0.39 is 0 Å². The number of piperidine rings is 1. The zero-order valence-electron chi connectivity index (χ0n) is 13.5. The lowest BCUT2D eigenvalue weighted by atomic mass is 9.96. The normalized spacial score (nSPS) is 21.6. The van der Waals surface area contributed by atoms with Crippen molar-refractivity contribution in [1.29, 1.82) is 0 Å². The molecule has 132 valence electrons. The first-order chi connectivity index (χ1) is 10.3. The van der Waals surface area contributed by atoms with Crippen molar-refractivity contribution in [1.82, 2.24) is 20.0 Å². The molecule has 1 aromatic heterocycles. The van der Waals surface area contributed by atoms with Gasteiger partial charge in [0, 0.05) is 38.4 Å². The highest BCUT2D eigenvalue weighted by Gasteiger charge is 2.24. The van der Waals surface area contributed by atoms with Crippen molar-refractivity contribution in [2.24, 2.45) is 11.8 Å². The minimum Gasteiger partial charge on any atom is -0.343 e. The number of nitrogens with one attached hydrogen (secondary N) is 1. The molecule has 1 unspecified atom stereocenters. The minimum absolute atomic E-state index is 0. The zero-order chi connectivity index (χ0) is 14.5. The van der Waals surface area contributed by atoms with Crippen LogP contribution < -0.4 is 5.32 Å². The molecule has 2 aliphatic rings. The molecule has 0 spiro atoms. The number of likely N-dealkylation sites (tertiary alicyclic amines) is 1. The monoisotopic (exact) mass is 362 g/mol. The van der Waals surface area contributed by atoms with Crippen molar-refractivity contribution in [3.8, 4) is 0 Å². The molecule has 0 radical (unpaired) electrons. The van der Waals surface area contributed by atoms with E-state index in [1.807, 2.05) is 23.1 Å². The molecule has 3 heterocycles. The number of aromatic nitrogens is 2. The summed E-state index contributed by atoms with van der Waals surface area (Å²) in [5.41, 5.74) is 0. The molecule has 1 N–H and O–H groups in total. The first kappa shape index (κ1) is 20.3. The number of hydrogen-bond acceptors (Lipinski definition) is 3. The van der Waals surface area contributed by atoms with Crippen LogP contribution in [0.2, 0.25) is 0 Å². The Morgan fingerprint density at radius 3 is 2.57 bits per heavy atom. The van der Waals surface area contributed by atoms with Crippen molar-refractivity contribution in [2.75, 3.05) is 26.2 Å². The fraction of sp³-hybridized carbons (Fsp3) is 0.750. The van der Waals surface area contributed by atoms with Crippen LogP contribution in [-0.4, -0.2) is 46.8 Å². The summed E-state index contributed by atoms with van der Waals surface area (Å²) in [6.45, 7) is 5.06. The second-order valence-electron chi connectivity index (χ2n) is 6.45. The fourth-order valence-corrected chi connectivity index (χ4v) is 3.48. The average molecular weight is 363 g/mol. The van der Waals surface area contributed by atoms with Crippen LogP contribution in [0, 0.1) is 11.8 Å². The summed E-state index contributed by atoms with van der Waals surface area (Å²) in [6.07, 6.45) is 9.09. The molecule has 0 aromatic carbocycles. The Kier molecular flexibility index (Phi) is 8.95. The topological polar surface area (TPSA) is 50.2 Å². The Morgan fingerprint density at radius 2 is 1.96 bits per heavy atom. The fourth-order valence-electron chi connectivity index (χ4n) is 3.48. The summed E-state index contributed by atoms with van der Waals surface area (Å²) in [6, 6.07) is 1.97. The molecule has 1 amide bonds. The maximum Gasteiger partial charge on any atom is 0.222 e. The van der Waals surface area contributed by atoms with Gasteiger partial charge in [0.15, 0.2) is 0 Å². The standard InChI is InChI=1S/C16H26N4O.2ClH/c21-16(3-2-14-4-8-17-12-14)19-10-5-15(6-11-19)13-20-9-1-7-18-20;;/h1,7,9,14-15,17H,2-6,8,10-13H2;2*1H. The summed E-state index contributed by atoms with van der Waals surface area (Å²) in [5, 5.41) is 7.64. The third kappa shape index (κ3) is 5.98. The van der Waals surface area contributed by atoms with Gasteiger partial charge in [-0.15, -0.1) is 24.8 Å². The lowest BCUT2D eigenvalue weighted by molar-refractivity contribution is -0.132. The van der Waals surface area contributed by atoms with E-state index in [1.165, 1.54) is 6.42 Å². The molecule has 2 aliphatic heterocycles. The molecule has 23 heavy (non-hydrogen) atoms. The van der Waals surface area contributed by atoms with Gasteiger partial charge in [-0.2, -0.15) is 5.10 Å². The molecule has 3 rings (SSSR count). The van der Waals surface area contributed by atoms with Gasteiger partial charge in [0.1, 0.15) is 0 Å². The Labute approximate surface area is 151 Å². The van der Waals surface area contributed by atoms with Crippen molar-refractivity contribution in [3.05, 3.63) is 18.5 Å². The molecule has 0 aliphatic carbocycles. The van der Waals surface area contributed by atoms with E-state index in [4.69, 9.17) is 0 Å². The summed E-state index contributed by atoms with van der Waals surface area (Å²) in [7, 11) is 0. The van der Waals surface area contributed by atoms with Crippen LogP contribution in [-0.2, 0) is 11.3 Å². The molecule has 2 fully saturated rings. The maximum atomic E-state index is 12.3. The summed E-state index contributed by atoms with van der Waals surface area (Å²) >= 11 is 0. The third-order valence-electron chi connectivity index (χ3n) is 4.90. The highest BCUT2D eigenvalue weighted by atomic mass is 35.5. The van der Waals surface area contributed by atoms with E-state index in [-0.39, 0.29) is 24.8 Å². The first-order valence-electron chi connectivity index (χ1n) is 8.27. The number of carbonyl (C=O) groups excluding carboxylic acids is 1. The van der Waals surface area contributed by atoms with Gasteiger partial charge in [-0.1, -0.05) is 0 Å². The molecule has 1 aromatic rings. The predicted molar refractivity (Wildman–Crippen MR) is 96.2 cm³/mol. The number of carbonyl (C=O) groups is 1. The molecular formula is C16H28Cl2N4O. The minimum atomic E-state index is 0. The largest absolute Gasteiger partial charge is 0.343 e. The summed E-state index contributed by atoms with van der Waals surface area (Å²) < 4.78 is 2.01. The van der Waals surface area contributed by atoms with Crippen molar-refractivity contribution < 1.29 is 4.79 Å². The predicted octanol–water partition coefficient (Wildman–Crippen LogP) is 2.35. The van der Waals surface area contributed by atoms with Crippen LogP contribution in [0.3, 0.4) is 0 Å². The Balaban J connectivity index is 0.00000132. The van der Waals surface area contributed by atoms with E-state index in [2.05, 4.69) is 15.3 Å². The molecule has 7 heteroatoms. The maximum absolute atomic E-state index is 12.3. The van der Waals surface area contributed by atoms with E-state index >= 15 is 0 Å². The molecule has 5 nitrogen and oxygen atoms in total. The molecule has 0 saturated carbocycles. The van der Waals surface area contributed by atoms with Crippen molar-refractivity contribution in [3.63, 3.8) is 0 Å². The van der Waals surface area contributed by atoms with Crippen LogP contribution in [0.15, 0.2) is 18.5 Å². The van der Waals surface area contributed by atoms with Gasteiger partial charge in [0.2, 0.25) is 5.91 Å². The van der Waals surface area contributed by atoms with Gasteiger partial charge in [0.05, 0.1) is 0 Å². The van der Waals surface area contributed by atoms with Gasteiger partial charge in [-0.25, -0.2) is 0 Å². The van der Waals surface area contributed by atoms with Gasteiger partial charge < -0.3 is 10.2 Å². The number of amides is 1. The SMILES string of the molecule is Cl.Cl.O=C(CCC1CCNC1)N1CCC(Cn2cccn2)CC1. The van der Waals surface area contributed by atoms with E-state index in [9.17, 15) is 4.79 Å². The van der Waals surface area contributed by atoms with Gasteiger partial charge in [0.25, 0.3) is 0 Å². The average Bonchev–Trinajstić information content (AvgIpc) is 3.19. The number of halogens is 2. The van der Waals surface area contributed by atoms with Crippen LogP contribution >= 0.6 is 24.8 Å². The lowest BCUT2D eigenvalue weighted by Crippen LogP contribution is -2.39. The Bertz CT molecular complexity index is 441. The van der Waals surface area contributed by atoms with Gasteiger partial charge >= 0.3 is 0 Å². The zero-order valence-corrected chi connectivity index (χ0v) is 15.2. The summed E-state index contributed by atoms with van der Waals surface area (Å²) in [5.74, 6) is 1.73. The first-order valence-corrected chi connectivity index (χ1v) is 8.27. The quantitative estimate of drug-likeness (QED) is 0.874. The van der Waals surface area contributed by atoms with Crippen LogP contribution in [0.4, 0.5) is 0 Å². The third-order valence-corrected chi connectivity index (χ3v) is 4.90. The highest BCUT2D eigenvalue weighted by Crippen LogP contribution is 2.21. The second kappa shape index (κ2) is 10.2. The molecule has 0 bridgehead atoms. The van der Waals surface area contributed by atoms with Gasteiger partial charge in [-0.05, 0) is 56.7 Å². The Hall–Kier alpha value is -0.780. The lowest BCUT2D eigenvalue weighted by Gasteiger charge is -2.32. The van der Waals surface area contributed by atoms with Crippen LogP contribution in [0.5, 0.6) is 0 Å². The molecular weight excluding hydrogens is 335 g/mol. The number of nitrogens with zero attached hydrogens (tertiary/aromatic N) is 3. The van der Waals surface area contributed by atoms with Crippen molar-refractivity contribution >= 4 is 30.7 Å². The van der Waals surface area contributed by atoms with Crippen molar-refractivity contribution in [2.45, 2.75) is 38.6 Å². The number of rotatable bonds is 5. The smallest absolute Gasteiger partial charge is 0.222 e. The van der Waals surface area contributed by atoms with Crippen LogP contribution in [0.25, 0.3) is 0 Å². The van der Waals surface area contributed by atoms with E-state index in [0.717, 1.165) is 58.4 Å². The Morgan fingerprint density at radius 1 is 1.17 bits per heavy atom. The summed E-state index contributed by atoms with van der Waals surface area (Å²) in [4.78, 5) is 14.3. The molecule has 1 atom stereocenters. The van der Waals surface area contributed by atoms with E-state index in [1.54, 1.807) is 0 Å². The molecule has 2 saturated heterocycles.